The highest BCUT2D eigenvalue weighted by Gasteiger charge is 2.27. The van der Waals surface area contributed by atoms with Gasteiger partial charge in [0.25, 0.3) is 0 Å². The van der Waals surface area contributed by atoms with Gasteiger partial charge in [-0.05, 0) is 55.3 Å². The van der Waals surface area contributed by atoms with Crippen molar-refractivity contribution in [2.45, 2.75) is 13.8 Å². The monoisotopic (exact) mass is 488 g/mol. The van der Waals surface area contributed by atoms with E-state index >= 15 is 0 Å². The summed E-state index contributed by atoms with van der Waals surface area (Å²) in [4.78, 5) is 38.5. The van der Waals surface area contributed by atoms with E-state index < -0.39 is 17.5 Å². The molecular weight excluding hydrogens is 467 g/mol. The van der Waals surface area contributed by atoms with Gasteiger partial charge in [-0.2, -0.15) is 0 Å². The van der Waals surface area contributed by atoms with Crippen LogP contribution in [0, 0.1) is 13.8 Å². The van der Waals surface area contributed by atoms with Gasteiger partial charge < -0.3 is 15.3 Å². The van der Waals surface area contributed by atoms with E-state index in [1.54, 1.807) is 38.1 Å². The molecular formula is C25H22Cl2O6. The highest BCUT2D eigenvalue weighted by Crippen LogP contribution is 2.27. The number of hydrogen-bond donors (Lipinski definition) is 3. The number of ketones is 2. The third-order valence-corrected chi connectivity index (χ3v) is 5.23. The Morgan fingerprint density at radius 1 is 0.697 bits per heavy atom. The third-order valence-electron chi connectivity index (χ3n) is 4.76. The van der Waals surface area contributed by atoms with Crippen LogP contribution in [0.4, 0.5) is 0 Å². The zero-order chi connectivity index (χ0) is 24.7. The normalized spacial score (nSPS) is 10.2. The summed E-state index contributed by atoms with van der Waals surface area (Å²) in [6, 6.07) is 13.8. The fourth-order valence-corrected chi connectivity index (χ4v) is 3.47. The van der Waals surface area contributed by atoms with Gasteiger partial charge in [-0.25, -0.2) is 4.79 Å². The number of aryl methyl sites for hydroxylation is 2. The molecule has 0 spiro atoms. The highest BCUT2D eigenvalue weighted by molar-refractivity contribution is 6.32. The summed E-state index contributed by atoms with van der Waals surface area (Å²) < 4.78 is 0. The number of benzene rings is 3. The van der Waals surface area contributed by atoms with Crippen LogP contribution in [0.25, 0.3) is 0 Å². The molecule has 0 aliphatic heterocycles. The van der Waals surface area contributed by atoms with E-state index in [0.717, 1.165) is 0 Å². The van der Waals surface area contributed by atoms with Gasteiger partial charge >= 0.3 is 5.97 Å². The van der Waals surface area contributed by atoms with Crippen LogP contribution in [-0.4, -0.2) is 46.1 Å². The molecule has 6 nitrogen and oxygen atoms in total. The molecule has 0 heterocycles. The van der Waals surface area contributed by atoms with Crippen molar-refractivity contribution in [2.75, 3.05) is 13.2 Å². The van der Waals surface area contributed by atoms with Crippen molar-refractivity contribution >= 4 is 40.7 Å². The van der Waals surface area contributed by atoms with Gasteiger partial charge in [-0.3, -0.25) is 9.59 Å². The zero-order valence-electron chi connectivity index (χ0n) is 17.9. The van der Waals surface area contributed by atoms with Crippen LogP contribution in [0.5, 0.6) is 0 Å². The summed E-state index contributed by atoms with van der Waals surface area (Å²) in [5.41, 5.74) is 1.41. The average molecular weight is 489 g/mol. The molecule has 3 aromatic carbocycles. The second-order valence-corrected chi connectivity index (χ2v) is 7.93. The van der Waals surface area contributed by atoms with Gasteiger partial charge in [0.15, 0.2) is 11.6 Å². The number of carbonyl (C=O) groups is 3. The lowest BCUT2D eigenvalue weighted by molar-refractivity contribution is 0.0692. The van der Waals surface area contributed by atoms with E-state index in [0.29, 0.717) is 26.7 Å². The van der Waals surface area contributed by atoms with Crippen molar-refractivity contribution in [3.63, 3.8) is 0 Å². The standard InChI is InChI=1S/C23H16Cl2O4.C2H6O2/c1-12-6-8-14(24)10-18(12)21(26)16-4-3-5-17(23(28)29)20(16)22(27)19-11-15(25)9-7-13(19)2;3-1-2-4/h3-11H,1-2H3,(H,28,29);3-4H,1-2H2. The summed E-state index contributed by atoms with van der Waals surface area (Å²) >= 11 is 12.1. The number of aliphatic hydroxyl groups excluding tert-OH is 2. The molecule has 0 saturated carbocycles. The number of carbonyl (C=O) groups excluding carboxylic acids is 2. The van der Waals surface area contributed by atoms with Crippen molar-refractivity contribution in [3.8, 4) is 0 Å². The summed E-state index contributed by atoms with van der Waals surface area (Å²) in [7, 11) is 0. The van der Waals surface area contributed by atoms with Crippen molar-refractivity contribution in [1.82, 2.24) is 0 Å². The van der Waals surface area contributed by atoms with E-state index in [-0.39, 0.29) is 35.5 Å². The van der Waals surface area contributed by atoms with Gasteiger partial charge in [-0.15, -0.1) is 0 Å². The molecule has 3 rings (SSSR count). The molecule has 0 bridgehead atoms. The van der Waals surface area contributed by atoms with Crippen molar-refractivity contribution in [2.24, 2.45) is 0 Å². The topological polar surface area (TPSA) is 112 Å². The molecule has 0 atom stereocenters. The summed E-state index contributed by atoms with van der Waals surface area (Å²) in [5, 5.41) is 25.6. The minimum absolute atomic E-state index is 0.000331. The van der Waals surface area contributed by atoms with Crippen LogP contribution < -0.4 is 0 Å². The minimum Gasteiger partial charge on any atom is -0.478 e. The molecule has 0 saturated heterocycles. The van der Waals surface area contributed by atoms with Crippen molar-refractivity contribution in [1.29, 1.82) is 0 Å². The maximum absolute atomic E-state index is 13.4. The quantitative estimate of drug-likeness (QED) is 0.432. The van der Waals surface area contributed by atoms with E-state index in [9.17, 15) is 19.5 Å². The Morgan fingerprint density at radius 3 is 1.61 bits per heavy atom. The van der Waals surface area contributed by atoms with Gasteiger partial charge in [0.05, 0.1) is 18.8 Å². The molecule has 3 N–H and O–H groups in total. The summed E-state index contributed by atoms with van der Waals surface area (Å²) in [6.07, 6.45) is 0. The Hall–Kier alpha value is -3.03. The number of aliphatic hydroxyl groups is 2. The first-order valence-electron chi connectivity index (χ1n) is 9.82. The Morgan fingerprint density at radius 2 is 1.15 bits per heavy atom. The second kappa shape index (κ2) is 11.7. The maximum Gasteiger partial charge on any atom is 0.336 e. The van der Waals surface area contributed by atoms with Crippen LogP contribution in [-0.2, 0) is 0 Å². The molecule has 0 radical (unpaired) electrons. The molecule has 172 valence electrons. The first kappa shape index (κ1) is 26.2. The molecule has 0 fully saturated rings. The lowest BCUT2D eigenvalue weighted by Gasteiger charge is -2.14. The Kier molecular flexibility index (Phi) is 9.32. The molecule has 0 unspecified atom stereocenters. The fourth-order valence-electron chi connectivity index (χ4n) is 3.12. The molecule has 3 aromatic rings. The van der Waals surface area contributed by atoms with E-state index in [1.807, 2.05) is 0 Å². The van der Waals surface area contributed by atoms with Crippen molar-refractivity contribution < 1.29 is 29.7 Å². The maximum atomic E-state index is 13.4. The second-order valence-electron chi connectivity index (χ2n) is 7.06. The van der Waals surface area contributed by atoms with Crippen LogP contribution >= 0.6 is 23.2 Å². The van der Waals surface area contributed by atoms with Crippen LogP contribution in [0.1, 0.15) is 53.3 Å². The number of rotatable bonds is 6. The zero-order valence-corrected chi connectivity index (χ0v) is 19.4. The molecule has 0 aliphatic carbocycles. The Bertz CT molecular complexity index is 1200. The Balaban J connectivity index is 0.000000890. The number of carboxylic acids is 1. The lowest BCUT2D eigenvalue weighted by atomic mass is 9.87. The van der Waals surface area contributed by atoms with Gasteiger partial charge in [0, 0.05) is 32.3 Å². The largest absolute Gasteiger partial charge is 0.478 e. The first-order valence-corrected chi connectivity index (χ1v) is 10.6. The fraction of sp³-hybridized carbons (Fsp3) is 0.160. The van der Waals surface area contributed by atoms with Gasteiger partial charge in [-0.1, -0.05) is 47.5 Å². The Labute approximate surface area is 201 Å². The molecule has 0 aliphatic rings. The smallest absolute Gasteiger partial charge is 0.336 e. The number of hydrogen-bond acceptors (Lipinski definition) is 5. The van der Waals surface area contributed by atoms with Crippen molar-refractivity contribution in [3.05, 3.63) is 104 Å². The van der Waals surface area contributed by atoms with Crippen LogP contribution in [0.15, 0.2) is 54.6 Å². The van der Waals surface area contributed by atoms with E-state index in [2.05, 4.69) is 0 Å². The van der Waals surface area contributed by atoms with Crippen LogP contribution in [0.2, 0.25) is 10.0 Å². The number of aromatic carboxylic acids is 1. The highest BCUT2D eigenvalue weighted by atomic mass is 35.5. The molecule has 0 aromatic heterocycles. The third kappa shape index (κ3) is 6.27. The van der Waals surface area contributed by atoms with Gasteiger partial charge in [0.2, 0.25) is 0 Å². The molecule has 0 amide bonds. The summed E-state index contributed by atoms with van der Waals surface area (Å²) in [5.74, 6) is -2.35. The SMILES string of the molecule is Cc1ccc(Cl)cc1C(=O)c1cccc(C(=O)O)c1C(=O)c1cc(Cl)ccc1C.OCCO. The molecule has 8 heteroatoms. The number of carboxylic acid groups (broad SMARTS) is 1. The minimum atomic E-state index is -1.30. The average Bonchev–Trinajstić information content (AvgIpc) is 2.80. The number of halogens is 2. The first-order chi connectivity index (χ1) is 15.6. The van der Waals surface area contributed by atoms with Crippen LogP contribution in [0.3, 0.4) is 0 Å². The van der Waals surface area contributed by atoms with Gasteiger partial charge in [0.1, 0.15) is 0 Å². The predicted octanol–water partition coefficient (Wildman–Crippen LogP) is 4.74. The summed E-state index contributed by atoms with van der Waals surface area (Å²) in [6.45, 7) is 3.21. The van der Waals surface area contributed by atoms with E-state index in [1.165, 1.54) is 30.3 Å². The molecule has 33 heavy (non-hydrogen) atoms. The van der Waals surface area contributed by atoms with E-state index in [4.69, 9.17) is 33.4 Å². The lowest BCUT2D eigenvalue weighted by Crippen LogP contribution is -2.17. The predicted molar refractivity (Wildman–Crippen MR) is 127 cm³/mol.